The molecule has 0 N–H and O–H groups in total. The van der Waals surface area contributed by atoms with E-state index in [0.29, 0.717) is 12.5 Å². The SMILES string of the molecule is Cc1ccccc1-c1ncc(CN2CCC3(CCN(Cc4ccccn4)C3=O)C2)s1. The number of thiazole rings is 1. The van der Waals surface area contributed by atoms with E-state index in [9.17, 15) is 4.79 Å². The number of benzene rings is 1. The van der Waals surface area contributed by atoms with Gasteiger partial charge in [-0.05, 0) is 44.0 Å². The fourth-order valence-electron chi connectivity index (χ4n) is 4.74. The third-order valence-electron chi connectivity index (χ3n) is 6.42. The van der Waals surface area contributed by atoms with Gasteiger partial charge in [0.25, 0.3) is 0 Å². The van der Waals surface area contributed by atoms with Crippen LogP contribution >= 0.6 is 11.3 Å². The van der Waals surface area contributed by atoms with Gasteiger partial charge in [0.05, 0.1) is 17.7 Å². The molecule has 0 saturated carbocycles. The number of nitrogens with zero attached hydrogens (tertiary/aromatic N) is 4. The number of hydrogen-bond donors (Lipinski definition) is 0. The number of pyridine rings is 1. The van der Waals surface area contributed by atoms with Crippen molar-refractivity contribution in [2.45, 2.75) is 32.9 Å². The molecule has 2 fully saturated rings. The van der Waals surface area contributed by atoms with E-state index >= 15 is 0 Å². The maximum Gasteiger partial charge on any atom is 0.230 e. The molecular weight excluding hydrogens is 392 g/mol. The smallest absolute Gasteiger partial charge is 0.230 e. The topological polar surface area (TPSA) is 49.3 Å². The number of rotatable bonds is 5. The molecule has 1 aromatic carbocycles. The van der Waals surface area contributed by atoms with Crippen LogP contribution in [-0.4, -0.2) is 45.3 Å². The van der Waals surface area contributed by atoms with Crippen molar-refractivity contribution in [2.75, 3.05) is 19.6 Å². The van der Waals surface area contributed by atoms with E-state index in [4.69, 9.17) is 0 Å². The summed E-state index contributed by atoms with van der Waals surface area (Å²) >= 11 is 1.76. The molecule has 2 aliphatic heterocycles. The Morgan fingerprint density at radius 1 is 1.03 bits per heavy atom. The molecule has 1 atom stereocenters. The molecule has 1 spiro atoms. The van der Waals surface area contributed by atoms with Gasteiger partial charge in [-0.3, -0.25) is 14.7 Å². The zero-order chi connectivity index (χ0) is 20.6. The van der Waals surface area contributed by atoms with E-state index in [1.165, 1.54) is 16.0 Å². The van der Waals surface area contributed by atoms with Crippen LogP contribution in [0.5, 0.6) is 0 Å². The summed E-state index contributed by atoms with van der Waals surface area (Å²) in [6.07, 6.45) is 5.70. The minimum absolute atomic E-state index is 0.210. The van der Waals surface area contributed by atoms with Crippen LogP contribution in [0.25, 0.3) is 10.6 Å². The Labute approximate surface area is 181 Å². The Kier molecular flexibility index (Phi) is 5.13. The summed E-state index contributed by atoms with van der Waals surface area (Å²) in [5, 5.41) is 1.08. The molecule has 154 valence electrons. The highest BCUT2D eigenvalue weighted by molar-refractivity contribution is 7.15. The van der Waals surface area contributed by atoms with Crippen LogP contribution < -0.4 is 0 Å². The molecule has 30 heavy (non-hydrogen) atoms. The second-order valence-electron chi connectivity index (χ2n) is 8.49. The Bertz CT molecular complexity index is 1050. The molecule has 2 saturated heterocycles. The molecule has 5 rings (SSSR count). The zero-order valence-electron chi connectivity index (χ0n) is 17.3. The lowest BCUT2D eigenvalue weighted by molar-refractivity contribution is -0.136. The normalized spacial score (nSPS) is 21.8. The van der Waals surface area contributed by atoms with Crippen LogP contribution in [0.4, 0.5) is 0 Å². The summed E-state index contributed by atoms with van der Waals surface area (Å²) in [7, 11) is 0. The Morgan fingerprint density at radius 2 is 1.87 bits per heavy atom. The first-order chi connectivity index (χ1) is 14.6. The van der Waals surface area contributed by atoms with Gasteiger partial charge < -0.3 is 4.90 Å². The Balaban J connectivity index is 1.23. The molecule has 2 aromatic heterocycles. The molecule has 1 amide bonds. The number of carbonyl (C=O) groups excluding carboxylic acids is 1. The van der Waals surface area contributed by atoms with Crippen molar-refractivity contribution in [2.24, 2.45) is 5.41 Å². The number of amides is 1. The van der Waals surface area contributed by atoms with E-state index in [1.807, 2.05) is 29.3 Å². The monoisotopic (exact) mass is 418 g/mol. The summed E-state index contributed by atoms with van der Waals surface area (Å²) in [5.41, 5.74) is 3.22. The van der Waals surface area contributed by atoms with E-state index in [2.05, 4.69) is 46.1 Å². The van der Waals surface area contributed by atoms with Gasteiger partial charge >= 0.3 is 0 Å². The van der Waals surface area contributed by atoms with Gasteiger partial charge in [-0.15, -0.1) is 11.3 Å². The average molecular weight is 419 g/mol. The number of carbonyl (C=O) groups is 1. The quantitative estimate of drug-likeness (QED) is 0.625. The van der Waals surface area contributed by atoms with E-state index in [1.54, 1.807) is 17.5 Å². The molecular formula is C24H26N4OS. The van der Waals surface area contributed by atoms with Crippen molar-refractivity contribution >= 4 is 17.2 Å². The first-order valence-corrected chi connectivity index (χ1v) is 11.4. The number of likely N-dealkylation sites (tertiary alicyclic amines) is 2. The molecule has 1 unspecified atom stereocenters. The first kappa shape index (κ1) is 19.4. The van der Waals surface area contributed by atoms with E-state index in [0.717, 1.165) is 49.7 Å². The molecule has 5 nitrogen and oxygen atoms in total. The van der Waals surface area contributed by atoms with Gasteiger partial charge in [-0.1, -0.05) is 30.3 Å². The van der Waals surface area contributed by atoms with Gasteiger partial charge in [0.15, 0.2) is 0 Å². The first-order valence-electron chi connectivity index (χ1n) is 10.6. The number of hydrogen-bond acceptors (Lipinski definition) is 5. The van der Waals surface area contributed by atoms with Crippen LogP contribution in [0, 0.1) is 12.3 Å². The predicted octanol–water partition coefficient (Wildman–Crippen LogP) is 4.14. The van der Waals surface area contributed by atoms with E-state index < -0.39 is 0 Å². The predicted molar refractivity (Wildman–Crippen MR) is 119 cm³/mol. The molecule has 0 radical (unpaired) electrons. The van der Waals surface area contributed by atoms with Crippen molar-refractivity contribution in [3.63, 3.8) is 0 Å². The molecule has 6 heteroatoms. The highest BCUT2D eigenvalue weighted by Crippen LogP contribution is 2.42. The van der Waals surface area contributed by atoms with Crippen molar-refractivity contribution in [3.8, 4) is 10.6 Å². The molecule has 4 heterocycles. The van der Waals surface area contributed by atoms with Gasteiger partial charge in [-0.2, -0.15) is 0 Å². The molecule has 0 aliphatic carbocycles. The summed E-state index contributed by atoms with van der Waals surface area (Å²) in [4.78, 5) is 28.0. The van der Waals surface area contributed by atoms with Gasteiger partial charge in [0, 0.05) is 42.5 Å². The highest BCUT2D eigenvalue weighted by atomic mass is 32.1. The average Bonchev–Trinajstić information content (AvgIpc) is 3.46. The summed E-state index contributed by atoms with van der Waals surface area (Å²) in [6, 6.07) is 14.3. The minimum atomic E-state index is -0.210. The largest absolute Gasteiger partial charge is 0.336 e. The van der Waals surface area contributed by atoms with Crippen LogP contribution in [0.1, 0.15) is 29.0 Å². The van der Waals surface area contributed by atoms with Crippen LogP contribution in [-0.2, 0) is 17.9 Å². The number of aromatic nitrogens is 2. The van der Waals surface area contributed by atoms with Crippen molar-refractivity contribution in [3.05, 3.63) is 71.0 Å². The summed E-state index contributed by atoms with van der Waals surface area (Å²) in [5.74, 6) is 0.306. The molecule has 3 aromatic rings. The van der Waals surface area contributed by atoms with Crippen LogP contribution in [0.15, 0.2) is 54.9 Å². The van der Waals surface area contributed by atoms with Gasteiger partial charge in [0.1, 0.15) is 5.01 Å². The second-order valence-corrected chi connectivity index (χ2v) is 9.60. The van der Waals surface area contributed by atoms with Gasteiger partial charge in [0.2, 0.25) is 5.91 Å². The van der Waals surface area contributed by atoms with Gasteiger partial charge in [-0.25, -0.2) is 4.98 Å². The maximum absolute atomic E-state index is 13.2. The number of aryl methyl sites for hydroxylation is 1. The lowest BCUT2D eigenvalue weighted by atomic mass is 9.85. The lowest BCUT2D eigenvalue weighted by Gasteiger charge is -2.23. The Morgan fingerprint density at radius 3 is 2.70 bits per heavy atom. The Hall–Kier alpha value is -2.57. The fourth-order valence-corrected chi connectivity index (χ4v) is 5.79. The van der Waals surface area contributed by atoms with Crippen molar-refractivity contribution < 1.29 is 4.79 Å². The van der Waals surface area contributed by atoms with Crippen molar-refractivity contribution in [1.82, 2.24) is 19.8 Å². The van der Waals surface area contributed by atoms with Crippen LogP contribution in [0.3, 0.4) is 0 Å². The molecule has 2 aliphatic rings. The van der Waals surface area contributed by atoms with Crippen molar-refractivity contribution in [1.29, 1.82) is 0 Å². The molecule has 0 bridgehead atoms. The standard InChI is InChI=1S/C24H26N4OS/c1-18-6-2-3-8-21(18)22-26-14-20(30-22)16-27-12-9-24(17-27)10-13-28(23(24)29)15-19-7-4-5-11-25-19/h2-8,11,14H,9-10,12-13,15-17H2,1H3. The fraction of sp³-hybridized carbons (Fsp3) is 0.375. The van der Waals surface area contributed by atoms with E-state index in [-0.39, 0.29) is 5.41 Å². The summed E-state index contributed by atoms with van der Waals surface area (Å²) in [6.45, 7) is 6.28. The highest BCUT2D eigenvalue weighted by Gasteiger charge is 2.50. The summed E-state index contributed by atoms with van der Waals surface area (Å²) < 4.78 is 0. The van der Waals surface area contributed by atoms with Crippen LogP contribution in [0.2, 0.25) is 0 Å². The second kappa shape index (κ2) is 7.93. The zero-order valence-corrected chi connectivity index (χ0v) is 18.1. The third-order valence-corrected chi connectivity index (χ3v) is 7.44. The third kappa shape index (κ3) is 3.66. The maximum atomic E-state index is 13.2. The lowest BCUT2D eigenvalue weighted by Crippen LogP contribution is -2.36. The minimum Gasteiger partial charge on any atom is -0.336 e.